The molecule has 3 aromatic rings. The number of aromatic nitrogens is 2. The number of anilines is 1. The summed E-state index contributed by atoms with van der Waals surface area (Å²) in [5, 5.41) is 22.4. The van der Waals surface area contributed by atoms with Crippen LogP contribution in [-0.2, 0) is 31.7 Å². The van der Waals surface area contributed by atoms with Gasteiger partial charge in [0.15, 0.2) is 0 Å². The molecule has 0 atom stereocenters. The molecule has 150 valence electrons. The number of fused-ring (bicyclic) bond motifs is 2. The van der Waals surface area contributed by atoms with Crippen LogP contribution in [0.1, 0.15) is 34.4 Å². The lowest BCUT2D eigenvalue weighted by Crippen LogP contribution is -2.19. The van der Waals surface area contributed by atoms with E-state index >= 15 is 0 Å². The van der Waals surface area contributed by atoms with Crippen molar-refractivity contribution in [2.24, 2.45) is 14.1 Å². The van der Waals surface area contributed by atoms with Gasteiger partial charge in [-0.25, -0.2) is 4.79 Å². The van der Waals surface area contributed by atoms with Gasteiger partial charge in [0.2, 0.25) is 0 Å². The molecule has 1 aliphatic carbocycles. The molecule has 0 spiro atoms. The van der Waals surface area contributed by atoms with Gasteiger partial charge >= 0.3 is 5.69 Å². The van der Waals surface area contributed by atoms with Gasteiger partial charge in [-0.3, -0.25) is 13.9 Å². The Bertz CT molecular complexity index is 1360. The Kier molecular flexibility index (Phi) is 5.03. The first-order valence-corrected chi connectivity index (χ1v) is 10.4. The van der Waals surface area contributed by atoms with Gasteiger partial charge in [0.25, 0.3) is 5.91 Å². The first kappa shape index (κ1) is 19.7. The van der Waals surface area contributed by atoms with Crippen LogP contribution < -0.4 is 11.0 Å². The van der Waals surface area contributed by atoms with E-state index in [1.165, 1.54) is 22.0 Å². The molecule has 0 radical (unpaired) electrons. The molecule has 0 saturated carbocycles. The summed E-state index contributed by atoms with van der Waals surface area (Å²) in [5.74, 6) is -0.547. The Morgan fingerprint density at radius 2 is 1.90 bits per heavy atom. The number of nitriles is 2. The summed E-state index contributed by atoms with van der Waals surface area (Å²) in [4.78, 5) is 26.0. The molecule has 7 nitrogen and oxygen atoms in total. The van der Waals surface area contributed by atoms with Crippen LogP contribution in [0.2, 0.25) is 0 Å². The number of amides is 1. The molecule has 2 heterocycles. The number of nitrogens with zero attached hydrogens (tertiary/aromatic N) is 4. The van der Waals surface area contributed by atoms with Crippen LogP contribution in [0.5, 0.6) is 0 Å². The average Bonchev–Trinajstić information content (AvgIpc) is 3.21. The van der Waals surface area contributed by atoms with Crippen LogP contribution in [0.15, 0.2) is 28.6 Å². The number of hydrogen-bond donors (Lipinski definition) is 1. The molecule has 8 heteroatoms. The maximum absolute atomic E-state index is 12.8. The summed E-state index contributed by atoms with van der Waals surface area (Å²) in [5.41, 5.74) is 3.46. The fraction of sp³-hybridized carbons (Fsp3) is 0.273. The summed E-state index contributed by atoms with van der Waals surface area (Å²) in [6.45, 7) is 0. The number of nitrogens with one attached hydrogen (secondary N) is 1. The molecule has 0 unspecified atom stereocenters. The van der Waals surface area contributed by atoms with E-state index in [9.17, 15) is 20.1 Å². The molecular weight excluding hydrogens is 398 g/mol. The molecule has 0 aliphatic heterocycles. The van der Waals surface area contributed by atoms with E-state index < -0.39 is 5.91 Å². The highest BCUT2D eigenvalue weighted by atomic mass is 32.1. The van der Waals surface area contributed by atoms with Crippen LogP contribution in [0.3, 0.4) is 0 Å². The van der Waals surface area contributed by atoms with Gasteiger partial charge in [-0.05, 0) is 55.0 Å². The van der Waals surface area contributed by atoms with Gasteiger partial charge in [-0.2, -0.15) is 10.5 Å². The third-order valence-electron chi connectivity index (χ3n) is 5.48. The largest absolute Gasteiger partial charge is 0.328 e. The summed E-state index contributed by atoms with van der Waals surface area (Å²) in [7, 11) is 3.37. The van der Waals surface area contributed by atoms with Crippen LogP contribution in [0.25, 0.3) is 17.1 Å². The Hall–Kier alpha value is -3.62. The monoisotopic (exact) mass is 417 g/mol. The highest BCUT2D eigenvalue weighted by molar-refractivity contribution is 7.16. The first-order valence-electron chi connectivity index (χ1n) is 9.58. The Balaban J connectivity index is 1.66. The van der Waals surface area contributed by atoms with E-state index in [1.54, 1.807) is 36.9 Å². The van der Waals surface area contributed by atoms with E-state index in [-0.39, 0.29) is 11.3 Å². The van der Waals surface area contributed by atoms with E-state index in [0.29, 0.717) is 21.6 Å². The molecule has 4 rings (SSSR count). The Morgan fingerprint density at radius 1 is 1.17 bits per heavy atom. The highest BCUT2D eigenvalue weighted by Gasteiger charge is 2.22. The highest BCUT2D eigenvalue weighted by Crippen LogP contribution is 2.37. The third-order valence-corrected chi connectivity index (χ3v) is 6.69. The predicted octanol–water partition coefficient (Wildman–Crippen LogP) is 3.23. The molecule has 2 aromatic heterocycles. The van der Waals surface area contributed by atoms with Crippen molar-refractivity contribution in [2.45, 2.75) is 25.7 Å². The SMILES string of the molecule is Cn1c(=O)n(C)c2cc(/C=C(\C#N)C(=O)Nc3sc4c(c3C#N)CCCC4)ccc21. The summed E-state index contributed by atoms with van der Waals surface area (Å²) >= 11 is 1.43. The lowest BCUT2D eigenvalue weighted by Gasteiger charge is -2.09. The van der Waals surface area contributed by atoms with Gasteiger partial charge in [-0.1, -0.05) is 6.07 Å². The molecule has 30 heavy (non-hydrogen) atoms. The molecule has 0 bridgehead atoms. The predicted molar refractivity (Wildman–Crippen MR) is 116 cm³/mol. The van der Waals surface area contributed by atoms with Gasteiger partial charge in [0, 0.05) is 19.0 Å². The van der Waals surface area contributed by atoms with E-state index in [0.717, 1.165) is 41.6 Å². The van der Waals surface area contributed by atoms with Gasteiger partial charge < -0.3 is 5.32 Å². The number of thiophene rings is 1. The van der Waals surface area contributed by atoms with Crippen molar-refractivity contribution < 1.29 is 4.79 Å². The van der Waals surface area contributed by atoms with Crippen molar-refractivity contribution in [1.82, 2.24) is 9.13 Å². The van der Waals surface area contributed by atoms with E-state index in [4.69, 9.17) is 0 Å². The first-order chi connectivity index (χ1) is 14.4. The fourth-order valence-corrected chi connectivity index (χ4v) is 5.11. The maximum Gasteiger partial charge on any atom is 0.328 e. The zero-order chi connectivity index (χ0) is 21.4. The molecule has 1 aliphatic rings. The second-order valence-corrected chi connectivity index (χ2v) is 8.40. The molecule has 1 aromatic carbocycles. The van der Waals surface area contributed by atoms with Crippen LogP contribution in [0, 0.1) is 22.7 Å². The number of carbonyl (C=O) groups excluding carboxylic acids is 1. The van der Waals surface area contributed by atoms with Gasteiger partial charge in [0.1, 0.15) is 22.7 Å². The lowest BCUT2D eigenvalue weighted by molar-refractivity contribution is -0.112. The third kappa shape index (κ3) is 3.22. The molecule has 0 saturated heterocycles. The minimum atomic E-state index is -0.547. The summed E-state index contributed by atoms with van der Waals surface area (Å²) in [6, 6.07) is 9.47. The summed E-state index contributed by atoms with van der Waals surface area (Å²) < 4.78 is 3.07. The number of carbonyl (C=O) groups is 1. The number of imidazole rings is 1. The fourth-order valence-electron chi connectivity index (χ4n) is 3.87. The zero-order valence-electron chi connectivity index (χ0n) is 16.7. The van der Waals surface area contributed by atoms with Crippen molar-refractivity contribution in [3.8, 4) is 12.1 Å². The number of benzene rings is 1. The minimum Gasteiger partial charge on any atom is -0.312 e. The topological polar surface area (TPSA) is 104 Å². The maximum atomic E-state index is 12.8. The van der Waals surface area contributed by atoms with Crippen LogP contribution in [0.4, 0.5) is 5.00 Å². The smallest absolute Gasteiger partial charge is 0.312 e. The lowest BCUT2D eigenvalue weighted by atomic mass is 9.96. The number of aryl methyl sites for hydroxylation is 3. The van der Waals surface area contributed by atoms with Crippen molar-refractivity contribution in [1.29, 1.82) is 10.5 Å². The van der Waals surface area contributed by atoms with Gasteiger partial charge in [-0.15, -0.1) is 11.3 Å². The molecular formula is C22H19N5O2S. The van der Waals surface area contributed by atoms with E-state index in [2.05, 4.69) is 11.4 Å². The van der Waals surface area contributed by atoms with Gasteiger partial charge in [0.05, 0.1) is 16.6 Å². The van der Waals surface area contributed by atoms with Crippen molar-refractivity contribution in [2.75, 3.05) is 5.32 Å². The number of rotatable bonds is 3. The molecule has 0 fully saturated rings. The van der Waals surface area contributed by atoms with E-state index in [1.807, 2.05) is 6.07 Å². The second kappa shape index (κ2) is 7.66. The number of hydrogen-bond acceptors (Lipinski definition) is 5. The Morgan fingerprint density at radius 3 is 2.63 bits per heavy atom. The normalized spacial score (nSPS) is 13.5. The second-order valence-electron chi connectivity index (χ2n) is 7.30. The van der Waals surface area contributed by atoms with Crippen LogP contribution >= 0.6 is 11.3 Å². The Labute approximate surface area is 177 Å². The summed E-state index contributed by atoms with van der Waals surface area (Å²) in [6.07, 6.45) is 5.38. The zero-order valence-corrected chi connectivity index (χ0v) is 17.5. The van der Waals surface area contributed by atoms with Crippen LogP contribution in [-0.4, -0.2) is 15.0 Å². The molecule has 1 N–H and O–H groups in total. The quantitative estimate of drug-likeness (QED) is 0.522. The molecule has 1 amide bonds. The van der Waals surface area contributed by atoms with Crippen molar-refractivity contribution in [3.05, 3.63) is 55.8 Å². The standard InChI is InChI=1S/C22H19N5O2S/c1-26-17-8-7-13(10-18(17)27(2)22(26)29)9-14(11-23)20(28)25-21-16(12-24)15-5-3-4-6-19(15)30-21/h7-10H,3-6H2,1-2H3,(H,25,28)/b14-9+. The van der Waals surface area contributed by atoms with Crippen molar-refractivity contribution in [3.63, 3.8) is 0 Å². The average molecular weight is 417 g/mol. The minimum absolute atomic E-state index is 0.0643. The van der Waals surface area contributed by atoms with Crippen molar-refractivity contribution >= 4 is 39.4 Å².